The first-order chi connectivity index (χ1) is 14.8. The highest BCUT2D eigenvalue weighted by Gasteiger charge is 2.20. The van der Waals surface area contributed by atoms with Crippen LogP contribution >= 0.6 is 11.8 Å². The highest BCUT2D eigenvalue weighted by Crippen LogP contribution is 2.18. The van der Waals surface area contributed by atoms with Gasteiger partial charge in [0.2, 0.25) is 0 Å². The summed E-state index contributed by atoms with van der Waals surface area (Å²) in [5, 5.41) is 24.5. The lowest BCUT2D eigenvalue weighted by Gasteiger charge is -2.28. The lowest BCUT2D eigenvalue weighted by atomic mass is 10.3. The third kappa shape index (κ3) is 5.45. The molecule has 0 aromatic carbocycles. The van der Waals surface area contributed by atoms with Crippen LogP contribution in [0.4, 0.5) is 11.4 Å². The number of anilines is 1. The van der Waals surface area contributed by atoms with Crippen molar-refractivity contribution in [1.29, 1.82) is 5.41 Å². The van der Waals surface area contributed by atoms with E-state index in [0.29, 0.717) is 30.2 Å². The minimum absolute atomic E-state index is 0.135. The van der Waals surface area contributed by atoms with Crippen LogP contribution in [0.25, 0.3) is 0 Å². The fraction of sp³-hybridized carbons (Fsp3) is 0.421. The Morgan fingerprint density at radius 2 is 1.77 bits per heavy atom. The van der Waals surface area contributed by atoms with Crippen molar-refractivity contribution in [2.75, 3.05) is 36.5 Å². The van der Waals surface area contributed by atoms with Crippen molar-refractivity contribution < 1.29 is 14.5 Å². The van der Waals surface area contributed by atoms with Gasteiger partial charge < -0.3 is 24.7 Å². The second-order valence-corrected chi connectivity index (χ2v) is 8.41. The van der Waals surface area contributed by atoms with Crippen LogP contribution in [0.1, 0.15) is 27.4 Å². The molecule has 166 valence electrons. The van der Waals surface area contributed by atoms with Crippen molar-refractivity contribution in [1.82, 2.24) is 19.4 Å². The van der Waals surface area contributed by atoms with Gasteiger partial charge in [-0.15, -0.1) is 0 Å². The van der Waals surface area contributed by atoms with Gasteiger partial charge in [0, 0.05) is 63.9 Å². The number of amides is 2. The van der Waals surface area contributed by atoms with E-state index in [9.17, 15) is 19.7 Å². The van der Waals surface area contributed by atoms with E-state index in [1.54, 1.807) is 24.9 Å². The maximum atomic E-state index is 12.5. The summed E-state index contributed by atoms with van der Waals surface area (Å²) in [4.78, 5) is 37.3. The number of aryl methyl sites for hydroxylation is 2. The molecule has 3 rings (SSSR count). The summed E-state index contributed by atoms with van der Waals surface area (Å²) < 4.78 is 2.96. The zero-order valence-corrected chi connectivity index (χ0v) is 18.2. The van der Waals surface area contributed by atoms with Gasteiger partial charge in [-0.1, -0.05) is 0 Å². The van der Waals surface area contributed by atoms with E-state index in [4.69, 9.17) is 5.41 Å². The quantitative estimate of drug-likeness (QED) is 0.255. The lowest BCUT2D eigenvalue weighted by Crippen LogP contribution is -2.39. The van der Waals surface area contributed by atoms with Gasteiger partial charge >= 0.3 is 0 Å². The van der Waals surface area contributed by atoms with Crippen molar-refractivity contribution >= 4 is 40.8 Å². The van der Waals surface area contributed by atoms with Gasteiger partial charge in [0.05, 0.1) is 22.6 Å². The first-order valence-electron chi connectivity index (χ1n) is 9.73. The second kappa shape index (κ2) is 9.69. The van der Waals surface area contributed by atoms with E-state index >= 15 is 0 Å². The predicted octanol–water partition coefficient (Wildman–Crippen LogP) is 1.67. The minimum atomic E-state index is -0.564. The van der Waals surface area contributed by atoms with Gasteiger partial charge in [-0.2, -0.15) is 11.8 Å². The molecule has 3 heterocycles. The Kier molecular flexibility index (Phi) is 7.00. The standard InChI is InChI=1S/C19H25N7O4S/c1-23-11-13(22-19(28)16-10-14(26(29)30)12-24(16)2)9-15(23)18(27)21-4-3-17(20)25-5-7-31-8-6-25/h9-12,20H,3-8H2,1-2H3,(H,21,27)(H,22,28). The molecule has 0 unspecified atom stereocenters. The summed E-state index contributed by atoms with van der Waals surface area (Å²) in [6.07, 6.45) is 3.31. The van der Waals surface area contributed by atoms with Crippen molar-refractivity contribution in [2.45, 2.75) is 6.42 Å². The average molecular weight is 448 g/mol. The molecule has 31 heavy (non-hydrogen) atoms. The molecule has 1 saturated heterocycles. The lowest BCUT2D eigenvalue weighted by molar-refractivity contribution is -0.384. The zero-order valence-electron chi connectivity index (χ0n) is 17.4. The molecule has 3 N–H and O–H groups in total. The molecule has 0 saturated carbocycles. The third-order valence-electron chi connectivity index (χ3n) is 4.97. The van der Waals surface area contributed by atoms with Crippen molar-refractivity contribution in [3.05, 3.63) is 46.0 Å². The summed E-state index contributed by atoms with van der Waals surface area (Å²) >= 11 is 1.88. The Balaban J connectivity index is 1.56. The van der Waals surface area contributed by atoms with Crippen LogP contribution in [-0.2, 0) is 14.1 Å². The average Bonchev–Trinajstić information content (AvgIpc) is 3.31. The van der Waals surface area contributed by atoms with Crippen LogP contribution in [0.3, 0.4) is 0 Å². The molecule has 1 fully saturated rings. The molecule has 12 heteroatoms. The number of nitrogens with one attached hydrogen (secondary N) is 3. The van der Waals surface area contributed by atoms with Crippen molar-refractivity contribution in [3.63, 3.8) is 0 Å². The maximum Gasteiger partial charge on any atom is 0.287 e. The first kappa shape index (κ1) is 22.4. The van der Waals surface area contributed by atoms with E-state index in [2.05, 4.69) is 10.6 Å². The van der Waals surface area contributed by atoms with Gasteiger partial charge in [-0.05, 0) is 6.07 Å². The van der Waals surface area contributed by atoms with Crippen LogP contribution in [0.5, 0.6) is 0 Å². The van der Waals surface area contributed by atoms with E-state index < -0.39 is 10.8 Å². The summed E-state index contributed by atoms with van der Waals surface area (Å²) in [5.74, 6) is 1.74. The number of carbonyl (C=O) groups is 2. The number of nitro groups is 1. The number of rotatable bonds is 7. The van der Waals surface area contributed by atoms with Gasteiger partial charge in [0.25, 0.3) is 17.5 Å². The molecule has 2 aromatic rings. The van der Waals surface area contributed by atoms with Crippen LogP contribution in [0.15, 0.2) is 24.5 Å². The van der Waals surface area contributed by atoms with Gasteiger partial charge in [0.15, 0.2) is 0 Å². The number of hydrogen-bond acceptors (Lipinski definition) is 6. The Morgan fingerprint density at radius 1 is 1.13 bits per heavy atom. The van der Waals surface area contributed by atoms with Gasteiger partial charge in [0.1, 0.15) is 11.4 Å². The van der Waals surface area contributed by atoms with E-state index in [1.807, 2.05) is 16.7 Å². The van der Waals surface area contributed by atoms with Crippen LogP contribution < -0.4 is 10.6 Å². The third-order valence-corrected chi connectivity index (χ3v) is 5.91. The topological polar surface area (TPSA) is 138 Å². The highest BCUT2D eigenvalue weighted by molar-refractivity contribution is 7.99. The van der Waals surface area contributed by atoms with E-state index in [1.165, 1.54) is 22.9 Å². The molecular formula is C19H25N7O4S. The Morgan fingerprint density at radius 3 is 2.42 bits per heavy atom. The molecule has 0 aliphatic carbocycles. The summed E-state index contributed by atoms with van der Waals surface area (Å²) in [6, 6.07) is 2.74. The summed E-state index contributed by atoms with van der Waals surface area (Å²) in [6.45, 7) is 2.08. The fourth-order valence-electron chi connectivity index (χ4n) is 3.30. The predicted molar refractivity (Wildman–Crippen MR) is 119 cm³/mol. The maximum absolute atomic E-state index is 12.5. The molecule has 0 spiro atoms. The molecule has 0 radical (unpaired) electrons. The van der Waals surface area contributed by atoms with Crippen LogP contribution in [-0.4, -0.2) is 67.7 Å². The number of nitrogens with zero attached hydrogens (tertiary/aromatic N) is 4. The smallest absolute Gasteiger partial charge is 0.287 e. The Labute approximate surface area is 183 Å². The van der Waals surface area contributed by atoms with E-state index in [-0.39, 0.29) is 17.3 Å². The fourth-order valence-corrected chi connectivity index (χ4v) is 4.21. The normalized spacial score (nSPS) is 13.7. The molecule has 1 aliphatic rings. The van der Waals surface area contributed by atoms with Crippen molar-refractivity contribution in [3.8, 4) is 0 Å². The Bertz CT molecular complexity index is 1010. The monoisotopic (exact) mass is 447 g/mol. The Hall–Kier alpha value is -3.28. The SMILES string of the molecule is Cn1cc(NC(=O)c2cc([N+](=O)[O-])cn2C)cc1C(=O)NCCC(=N)N1CCSCC1. The summed E-state index contributed by atoms with van der Waals surface area (Å²) in [5.41, 5.74) is 0.722. The zero-order chi connectivity index (χ0) is 22.5. The largest absolute Gasteiger partial charge is 0.359 e. The number of hydrogen-bond donors (Lipinski definition) is 3. The molecule has 2 amide bonds. The minimum Gasteiger partial charge on any atom is -0.359 e. The molecular weight excluding hydrogens is 422 g/mol. The van der Waals surface area contributed by atoms with Gasteiger partial charge in [-0.3, -0.25) is 25.1 Å². The number of thioether (sulfide) groups is 1. The molecule has 0 atom stereocenters. The summed E-state index contributed by atoms with van der Waals surface area (Å²) in [7, 11) is 3.23. The number of carbonyl (C=O) groups excluding carboxylic acids is 2. The number of amidine groups is 1. The molecule has 0 bridgehead atoms. The number of aromatic nitrogens is 2. The van der Waals surface area contributed by atoms with Crippen molar-refractivity contribution in [2.24, 2.45) is 14.1 Å². The van der Waals surface area contributed by atoms with Crippen LogP contribution in [0, 0.1) is 15.5 Å². The molecule has 1 aliphatic heterocycles. The second-order valence-electron chi connectivity index (χ2n) is 7.18. The van der Waals surface area contributed by atoms with E-state index in [0.717, 1.165) is 24.6 Å². The highest BCUT2D eigenvalue weighted by atomic mass is 32.2. The van der Waals surface area contributed by atoms with Gasteiger partial charge in [-0.25, -0.2) is 0 Å². The van der Waals surface area contributed by atoms with Crippen LogP contribution in [0.2, 0.25) is 0 Å². The molecule has 2 aromatic heterocycles. The first-order valence-corrected chi connectivity index (χ1v) is 10.9. The molecule has 11 nitrogen and oxygen atoms in total.